The van der Waals surface area contributed by atoms with Gasteiger partial charge in [0.2, 0.25) is 0 Å². The van der Waals surface area contributed by atoms with E-state index in [4.69, 9.17) is 0 Å². The third-order valence-electron chi connectivity index (χ3n) is 2.61. The summed E-state index contributed by atoms with van der Waals surface area (Å²) in [6, 6.07) is 3.27. The van der Waals surface area contributed by atoms with Crippen molar-refractivity contribution in [2.45, 2.75) is 38.3 Å². The molecular weight excluding hydrogens is 240 g/mol. The van der Waals surface area contributed by atoms with E-state index in [1.165, 1.54) is 6.07 Å². The molecule has 0 fully saturated rings. The van der Waals surface area contributed by atoms with E-state index in [1.807, 2.05) is 13.8 Å². The predicted molar refractivity (Wildman–Crippen MR) is 67.5 cm³/mol. The minimum Gasteiger partial charge on any atom is -0.282 e. The fourth-order valence-corrected chi connectivity index (χ4v) is 4.71. The molecule has 0 saturated heterocycles. The molecule has 0 heterocycles. The minimum atomic E-state index is -4.10. The highest BCUT2D eigenvalue weighted by molar-refractivity contribution is 7.85. The van der Waals surface area contributed by atoms with Crippen LogP contribution in [0.4, 0.5) is 0 Å². The molecule has 0 atom stereocenters. The maximum Gasteiger partial charge on any atom is 0.294 e. The molecule has 0 aliphatic carbocycles. The van der Waals surface area contributed by atoms with Gasteiger partial charge < -0.3 is 0 Å². The number of rotatable bonds is 3. The molecule has 16 heavy (non-hydrogen) atoms. The van der Waals surface area contributed by atoms with Gasteiger partial charge in [0.15, 0.2) is 0 Å². The van der Waals surface area contributed by atoms with Crippen molar-refractivity contribution in [3.05, 3.63) is 23.3 Å². The van der Waals surface area contributed by atoms with Crippen LogP contribution in [0.15, 0.2) is 17.0 Å². The summed E-state index contributed by atoms with van der Waals surface area (Å²) in [5.74, 6) is 0. The van der Waals surface area contributed by atoms with Crippen molar-refractivity contribution in [2.75, 3.05) is 0 Å². The van der Waals surface area contributed by atoms with E-state index in [-0.39, 0.29) is 4.90 Å². The quantitative estimate of drug-likeness (QED) is 0.663. The lowest BCUT2D eigenvalue weighted by molar-refractivity contribution is 0.482. The number of aryl methyl sites for hydroxylation is 1. The van der Waals surface area contributed by atoms with E-state index in [0.717, 1.165) is 16.3 Å². The van der Waals surface area contributed by atoms with Crippen molar-refractivity contribution in [3.8, 4) is 0 Å². The standard InChI is InChI=1S/C11H17O3SSi/c1-5-9-10(15(12,13)14)7-6-8(2)11(9)16(3)4/h6-7H,5H2,1-4H3,(H,12,13,14). The summed E-state index contributed by atoms with van der Waals surface area (Å²) in [6.07, 6.45) is 0.627. The van der Waals surface area contributed by atoms with Crippen LogP contribution in [0.5, 0.6) is 0 Å². The number of hydrogen-bond acceptors (Lipinski definition) is 2. The monoisotopic (exact) mass is 257 g/mol. The van der Waals surface area contributed by atoms with E-state index in [1.54, 1.807) is 6.07 Å². The average Bonchev–Trinajstić information content (AvgIpc) is 2.14. The molecule has 0 unspecified atom stereocenters. The molecule has 1 radical (unpaired) electrons. The Morgan fingerprint density at radius 3 is 2.25 bits per heavy atom. The van der Waals surface area contributed by atoms with Gasteiger partial charge in [-0.2, -0.15) is 8.42 Å². The van der Waals surface area contributed by atoms with Crippen molar-refractivity contribution >= 4 is 24.1 Å². The van der Waals surface area contributed by atoms with Crippen LogP contribution >= 0.6 is 0 Å². The van der Waals surface area contributed by atoms with E-state index in [9.17, 15) is 13.0 Å². The smallest absolute Gasteiger partial charge is 0.282 e. The summed E-state index contributed by atoms with van der Waals surface area (Å²) < 4.78 is 31.7. The fraction of sp³-hybridized carbons (Fsp3) is 0.455. The second-order valence-corrected chi connectivity index (χ2v) is 7.95. The van der Waals surface area contributed by atoms with Crippen LogP contribution in [-0.4, -0.2) is 21.8 Å². The van der Waals surface area contributed by atoms with Crippen molar-refractivity contribution in [1.29, 1.82) is 0 Å². The average molecular weight is 257 g/mol. The molecule has 0 aliphatic heterocycles. The molecule has 1 aromatic carbocycles. The molecule has 1 rings (SSSR count). The van der Waals surface area contributed by atoms with Crippen LogP contribution in [0.1, 0.15) is 18.1 Å². The third-order valence-corrected chi connectivity index (χ3v) is 5.24. The molecule has 0 aromatic heterocycles. The molecule has 0 bridgehead atoms. The molecule has 89 valence electrons. The summed E-state index contributed by atoms with van der Waals surface area (Å²) in [4.78, 5) is 0.0711. The molecule has 0 aliphatic rings. The molecule has 1 N–H and O–H groups in total. The topological polar surface area (TPSA) is 54.4 Å². The lowest BCUT2D eigenvalue weighted by Crippen LogP contribution is -2.31. The highest BCUT2D eigenvalue weighted by Gasteiger charge is 2.20. The Kier molecular flexibility index (Phi) is 3.93. The first-order valence-electron chi connectivity index (χ1n) is 5.19. The van der Waals surface area contributed by atoms with Crippen LogP contribution in [-0.2, 0) is 16.5 Å². The summed E-state index contributed by atoms with van der Waals surface area (Å²) in [5.41, 5.74) is 1.89. The van der Waals surface area contributed by atoms with Gasteiger partial charge in [-0.1, -0.05) is 36.8 Å². The van der Waals surface area contributed by atoms with E-state index in [2.05, 4.69) is 13.1 Å². The zero-order chi connectivity index (χ0) is 12.5. The first kappa shape index (κ1) is 13.4. The van der Waals surface area contributed by atoms with Crippen molar-refractivity contribution < 1.29 is 13.0 Å². The predicted octanol–water partition coefficient (Wildman–Crippen LogP) is 1.77. The van der Waals surface area contributed by atoms with Crippen LogP contribution < -0.4 is 5.19 Å². The zero-order valence-electron chi connectivity index (χ0n) is 10.0. The van der Waals surface area contributed by atoms with Crippen LogP contribution in [0.25, 0.3) is 0 Å². The second-order valence-electron chi connectivity index (χ2n) is 4.06. The van der Waals surface area contributed by atoms with Gasteiger partial charge in [0.25, 0.3) is 10.1 Å². The van der Waals surface area contributed by atoms with Crippen LogP contribution in [0.3, 0.4) is 0 Å². The SMILES string of the molecule is CCc1c(S(=O)(=O)O)ccc(C)c1[Si](C)C. The van der Waals surface area contributed by atoms with Crippen LogP contribution in [0, 0.1) is 6.92 Å². The van der Waals surface area contributed by atoms with Crippen molar-refractivity contribution in [1.82, 2.24) is 0 Å². The highest BCUT2D eigenvalue weighted by atomic mass is 32.2. The molecule has 0 saturated carbocycles. The van der Waals surface area contributed by atoms with Gasteiger partial charge in [0, 0.05) is 0 Å². The van der Waals surface area contributed by atoms with Gasteiger partial charge >= 0.3 is 0 Å². The minimum absolute atomic E-state index is 0.0711. The van der Waals surface area contributed by atoms with Gasteiger partial charge in [-0.15, -0.1) is 0 Å². The van der Waals surface area contributed by atoms with Crippen LogP contribution in [0.2, 0.25) is 13.1 Å². The maximum atomic E-state index is 11.3. The summed E-state index contributed by atoms with van der Waals surface area (Å²) >= 11 is 0. The molecule has 5 heteroatoms. The normalized spacial score (nSPS) is 12.1. The fourth-order valence-electron chi connectivity index (χ4n) is 2.03. The molecule has 1 aromatic rings. The maximum absolute atomic E-state index is 11.3. The van der Waals surface area contributed by atoms with E-state index < -0.39 is 18.9 Å². The Balaban J connectivity index is 3.62. The van der Waals surface area contributed by atoms with Crippen molar-refractivity contribution in [3.63, 3.8) is 0 Å². The lowest BCUT2D eigenvalue weighted by Gasteiger charge is -2.16. The Labute approximate surface area is 98.9 Å². The first-order chi connectivity index (χ1) is 7.29. The van der Waals surface area contributed by atoms with Gasteiger partial charge in [-0.3, -0.25) is 4.55 Å². The molecule has 3 nitrogen and oxygen atoms in total. The first-order valence-corrected chi connectivity index (χ1v) is 9.13. The summed E-state index contributed by atoms with van der Waals surface area (Å²) in [6.45, 7) is 8.15. The number of hydrogen-bond donors (Lipinski definition) is 1. The van der Waals surface area contributed by atoms with Gasteiger partial charge in [0.1, 0.15) is 0 Å². The van der Waals surface area contributed by atoms with Gasteiger partial charge in [-0.25, -0.2) is 0 Å². The van der Waals surface area contributed by atoms with E-state index in [0.29, 0.717) is 6.42 Å². The van der Waals surface area contributed by atoms with Crippen molar-refractivity contribution in [2.24, 2.45) is 0 Å². The Hall–Kier alpha value is -0.653. The molecule has 0 spiro atoms. The third kappa shape index (κ3) is 2.53. The van der Waals surface area contributed by atoms with Gasteiger partial charge in [-0.05, 0) is 25.0 Å². The second kappa shape index (κ2) is 4.69. The largest absolute Gasteiger partial charge is 0.294 e. The molecule has 0 amide bonds. The Morgan fingerprint density at radius 1 is 1.31 bits per heavy atom. The summed E-state index contributed by atoms with van der Waals surface area (Å²) in [5, 5.41) is 1.13. The Bertz CT molecular complexity index is 492. The Morgan fingerprint density at radius 2 is 1.88 bits per heavy atom. The lowest BCUT2D eigenvalue weighted by atomic mass is 10.1. The molecular formula is C11H17O3SSi. The summed E-state index contributed by atoms with van der Waals surface area (Å²) in [7, 11) is -4.84. The van der Waals surface area contributed by atoms with E-state index >= 15 is 0 Å². The van der Waals surface area contributed by atoms with Gasteiger partial charge in [0.05, 0.1) is 13.7 Å². The highest BCUT2D eigenvalue weighted by Crippen LogP contribution is 2.17. The number of benzene rings is 1. The zero-order valence-corrected chi connectivity index (χ0v) is 11.9.